The van der Waals surface area contributed by atoms with E-state index in [4.69, 9.17) is 0 Å². The van der Waals surface area contributed by atoms with Crippen LogP contribution in [0.5, 0.6) is 0 Å². The second-order valence-corrected chi connectivity index (χ2v) is 8.37. The second-order valence-electron chi connectivity index (χ2n) is 8.37. The minimum Gasteiger partial charge on any atom is -0.394 e. The third kappa shape index (κ3) is 20.3. The fourth-order valence-corrected chi connectivity index (χ4v) is 3.30. The summed E-state index contributed by atoms with van der Waals surface area (Å²) in [5.74, 6) is -0.103. The van der Waals surface area contributed by atoms with Crippen molar-refractivity contribution in [3.8, 4) is 0 Å². The Morgan fingerprint density at radius 2 is 1.38 bits per heavy atom. The van der Waals surface area contributed by atoms with Gasteiger partial charge in [-0.15, -0.1) is 0 Å². The van der Waals surface area contributed by atoms with Gasteiger partial charge >= 0.3 is 0 Å². The zero-order chi connectivity index (χ0) is 23.7. The fourth-order valence-electron chi connectivity index (χ4n) is 3.30. The Hall–Kier alpha value is -1.65. The molecular weight excluding hydrogens is 398 g/mol. The third-order valence-electron chi connectivity index (χ3n) is 5.32. The summed E-state index contributed by atoms with van der Waals surface area (Å²) in [6.45, 7) is 4.08. The molecule has 4 heteroatoms. The van der Waals surface area contributed by atoms with Gasteiger partial charge in [-0.2, -0.15) is 0 Å². The van der Waals surface area contributed by atoms with Crippen LogP contribution in [0, 0.1) is 0 Å². The van der Waals surface area contributed by atoms with Crippen molar-refractivity contribution < 1.29 is 15.0 Å². The van der Waals surface area contributed by atoms with E-state index in [1.165, 1.54) is 25.7 Å². The standard InChI is InChI=1S/C28H49NO3/c1-3-5-7-9-11-12-13-14-15-16-18-20-22-24-28(32)29-26(25-30)27(31)23-21-19-17-10-8-6-4-2/h5,7,11-12,14-15,21,23,26-27,30-31H,3-4,6,8-10,13,16-20,22,24-25H2,1-2H3,(H,29,32)/b7-5-,12-11-,15-14-,23-21+. The van der Waals surface area contributed by atoms with Crippen LogP contribution in [0.15, 0.2) is 48.6 Å². The van der Waals surface area contributed by atoms with E-state index in [9.17, 15) is 15.0 Å². The van der Waals surface area contributed by atoms with E-state index in [1.807, 2.05) is 6.08 Å². The number of carbonyl (C=O) groups is 1. The Balaban J connectivity index is 3.82. The molecule has 0 aliphatic carbocycles. The summed E-state index contributed by atoms with van der Waals surface area (Å²) >= 11 is 0. The molecule has 3 N–H and O–H groups in total. The molecule has 0 fully saturated rings. The molecule has 0 aromatic rings. The van der Waals surface area contributed by atoms with Gasteiger partial charge in [0.25, 0.3) is 0 Å². The number of rotatable bonds is 21. The van der Waals surface area contributed by atoms with Crippen molar-refractivity contribution in [1.82, 2.24) is 5.32 Å². The largest absolute Gasteiger partial charge is 0.394 e. The summed E-state index contributed by atoms with van der Waals surface area (Å²) in [6.07, 6.45) is 30.4. The molecule has 0 rings (SSSR count). The Labute approximate surface area is 197 Å². The molecule has 0 radical (unpaired) electrons. The lowest BCUT2D eigenvalue weighted by molar-refractivity contribution is -0.123. The molecule has 0 aromatic carbocycles. The first-order chi connectivity index (χ1) is 15.7. The first-order valence-electron chi connectivity index (χ1n) is 12.9. The molecule has 4 nitrogen and oxygen atoms in total. The van der Waals surface area contributed by atoms with Crippen LogP contribution in [-0.2, 0) is 4.79 Å². The summed E-state index contributed by atoms with van der Waals surface area (Å²) in [5.41, 5.74) is 0. The highest BCUT2D eigenvalue weighted by molar-refractivity contribution is 5.76. The van der Waals surface area contributed by atoms with Crippen molar-refractivity contribution in [1.29, 1.82) is 0 Å². The van der Waals surface area contributed by atoms with Crippen LogP contribution in [0.4, 0.5) is 0 Å². The molecule has 0 heterocycles. The summed E-state index contributed by atoms with van der Waals surface area (Å²) < 4.78 is 0. The normalized spacial score (nSPS) is 14.2. The monoisotopic (exact) mass is 447 g/mol. The first-order valence-corrected chi connectivity index (χ1v) is 12.9. The van der Waals surface area contributed by atoms with Crippen LogP contribution in [0.25, 0.3) is 0 Å². The van der Waals surface area contributed by atoms with Crippen LogP contribution in [0.1, 0.15) is 104 Å². The van der Waals surface area contributed by atoms with E-state index in [0.717, 1.165) is 57.8 Å². The van der Waals surface area contributed by atoms with Gasteiger partial charge in [0.05, 0.1) is 18.8 Å². The molecule has 0 saturated carbocycles. The Bertz CT molecular complexity index is 537. The maximum atomic E-state index is 12.1. The highest BCUT2D eigenvalue weighted by atomic mass is 16.3. The molecule has 0 bridgehead atoms. The smallest absolute Gasteiger partial charge is 0.220 e. The number of aliphatic hydroxyl groups excluding tert-OH is 2. The van der Waals surface area contributed by atoms with Gasteiger partial charge in [-0.05, 0) is 51.4 Å². The van der Waals surface area contributed by atoms with Gasteiger partial charge in [-0.25, -0.2) is 0 Å². The summed E-state index contributed by atoms with van der Waals surface area (Å²) in [4.78, 5) is 12.1. The highest BCUT2D eigenvalue weighted by Gasteiger charge is 2.17. The summed E-state index contributed by atoms with van der Waals surface area (Å²) in [5, 5.41) is 22.5. The molecule has 2 unspecified atom stereocenters. The Kier molecular flexibility index (Phi) is 22.8. The molecule has 0 aromatic heterocycles. The number of amides is 1. The van der Waals surface area contributed by atoms with E-state index in [1.54, 1.807) is 6.08 Å². The quantitative estimate of drug-likeness (QED) is 0.138. The number of aliphatic hydroxyl groups is 2. The predicted octanol–water partition coefficient (Wildman–Crippen LogP) is 6.55. The van der Waals surface area contributed by atoms with Gasteiger partial charge in [0.1, 0.15) is 0 Å². The van der Waals surface area contributed by atoms with E-state index < -0.39 is 12.1 Å². The maximum absolute atomic E-state index is 12.1. The van der Waals surface area contributed by atoms with Gasteiger partial charge in [-0.1, -0.05) is 94.6 Å². The molecule has 0 aliphatic rings. The number of hydrogen-bond donors (Lipinski definition) is 3. The average Bonchev–Trinajstić information content (AvgIpc) is 2.79. The van der Waals surface area contributed by atoms with E-state index in [0.29, 0.717) is 6.42 Å². The fraction of sp³-hybridized carbons (Fsp3) is 0.679. The second kappa shape index (κ2) is 24.0. The molecule has 1 amide bonds. The van der Waals surface area contributed by atoms with Gasteiger partial charge in [0.15, 0.2) is 0 Å². The van der Waals surface area contributed by atoms with Gasteiger partial charge < -0.3 is 15.5 Å². The molecule has 0 saturated heterocycles. The number of carbonyl (C=O) groups excluding carboxylic acids is 1. The minimum atomic E-state index is -0.846. The van der Waals surface area contributed by atoms with Gasteiger partial charge in [0, 0.05) is 6.42 Å². The maximum Gasteiger partial charge on any atom is 0.220 e. The molecule has 0 spiro atoms. The predicted molar refractivity (Wildman–Crippen MR) is 138 cm³/mol. The lowest BCUT2D eigenvalue weighted by Gasteiger charge is -2.19. The number of unbranched alkanes of at least 4 members (excludes halogenated alkanes) is 8. The van der Waals surface area contributed by atoms with Crippen molar-refractivity contribution in [2.24, 2.45) is 0 Å². The number of hydrogen-bond acceptors (Lipinski definition) is 3. The lowest BCUT2D eigenvalue weighted by atomic mass is 10.1. The first kappa shape index (κ1) is 30.4. The van der Waals surface area contributed by atoms with E-state index in [2.05, 4.69) is 55.6 Å². The third-order valence-corrected chi connectivity index (χ3v) is 5.32. The topological polar surface area (TPSA) is 69.6 Å². The van der Waals surface area contributed by atoms with Gasteiger partial charge in [0.2, 0.25) is 5.91 Å². The Morgan fingerprint density at radius 1 is 0.781 bits per heavy atom. The van der Waals surface area contributed by atoms with Crippen LogP contribution >= 0.6 is 0 Å². The van der Waals surface area contributed by atoms with Crippen LogP contribution in [0.2, 0.25) is 0 Å². The average molecular weight is 448 g/mol. The van der Waals surface area contributed by atoms with E-state index >= 15 is 0 Å². The summed E-state index contributed by atoms with van der Waals surface area (Å²) in [6, 6.07) is -0.632. The van der Waals surface area contributed by atoms with Crippen LogP contribution in [-0.4, -0.2) is 34.9 Å². The van der Waals surface area contributed by atoms with Crippen molar-refractivity contribution in [2.75, 3.05) is 6.61 Å². The van der Waals surface area contributed by atoms with Crippen LogP contribution < -0.4 is 5.32 Å². The Morgan fingerprint density at radius 3 is 2.03 bits per heavy atom. The van der Waals surface area contributed by atoms with Crippen molar-refractivity contribution >= 4 is 5.91 Å². The lowest BCUT2D eigenvalue weighted by Crippen LogP contribution is -2.45. The zero-order valence-electron chi connectivity index (χ0n) is 20.7. The molecular formula is C28H49NO3. The molecule has 2 atom stereocenters. The molecule has 0 aliphatic heterocycles. The van der Waals surface area contributed by atoms with Crippen molar-refractivity contribution in [3.05, 3.63) is 48.6 Å². The molecule has 32 heavy (non-hydrogen) atoms. The summed E-state index contributed by atoms with van der Waals surface area (Å²) in [7, 11) is 0. The van der Waals surface area contributed by atoms with Crippen LogP contribution in [0.3, 0.4) is 0 Å². The number of nitrogens with one attached hydrogen (secondary N) is 1. The number of allylic oxidation sites excluding steroid dienone is 7. The molecule has 184 valence electrons. The van der Waals surface area contributed by atoms with E-state index in [-0.39, 0.29) is 12.5 Å². The zero-order valence-corrected chi connectivity index (χ0v) is 20.7. The van der Waals surface area contributed by atoms with Crippen molar-refractivity contribution in [3.63, 3.8) is 0 Å². The SMILES string of the molecule is CC/C=C\C/C=C\C/C=C\CCCCCC(=O)NC(CO)C(O)/C=C/CCCCCCC. The minimum absolute atomic E-state index is 0.103. The van der Waals surface area contributed by atoms with Gasteiger partial charge in [-0.3, -0.25) is 4.79 Å². The van der Waals surface area contributed by atoms with Crippen molar-refractivity contribution in [2.45, 2.75) is 116 Å². The highest BCUT2D eigenvalue weighted by Crippen LogP contribution is 2.07.